The average molecular weight is 383 g/mol. The van der Waals surface area contributed by atoms with Crippen molar-refractivity contribution in [2.75, 3.05) is 39.5 Å². The van der Waals surface area contributed by atoms with Gasteiger partial charge >= 0.3 is 0 Å². The number of nitrogens with one attached hydrogen (secondary N) is 1. The van der Waals surface area contributed by atoms with Crippen LogP contribution in [0.1, 0.15) is 34.8 Å². The first-order valence-electron chi connectivity index (χ1n) is 10.1. The Morgan fingerprint density at radius 2 is 1.96 bits per heavy atom. The lowest BCUT2D eigenvalue weighted by Gasteiger charge is -2.26. The van der Waals surface area contributed by atoms with Crippen LogP contribution in [-0.4, -0.2) is 50.3 Å². The van der Waals surface area contributed by atoms with Gasteiger partial charge in [0, 0.05) is 31.7 Å². The van der Waals surface area contributed by atoms with Crippen molar-refractivity contribution in [3.63, 3.8) is 0 Å². The molecular formula is C23H30N2O3. The van der Waals surface area contributed by atoms with E-state index in [0.717, 1.165) is 57.0 Å². The van der Waals surface area contributed by atoms with Gasteiger partial charge in [-0.05, 0) is 49.1 Å². The molecule has 150 valence electrons. The van der Waals surface area contributed by atoms with Crippen molar-refractivity contribution in [1.82, 2.24) is 10.2 Å². The van der Waals surface area contributed by atoms with E-state index in [0.29, 0.717) is 13.2 Å². The normalized spacial score (nSPS) is 14.6. The molecule has 28 heavy (non-hydrogen) atoms. The molecule has 1 fully saturated rings. The SMILES string of the molecule is CCOc1ccccc1CCCNC(=O)c1cccc(CN2CCOCC2)c1. The van der Waals surface area contributed by atoms with Crippen LogP contribution in [0.15, 0.2) is 48.5 Å². The van der Waals surface area contributed by atoms with Gasteiger partial charge in [-0.15, -0.1) is 0 Å². The number of para-hydroxylation sites is 1. The second kappa shape index (κ2) is 10.8. The van der Waals surface area contributed by atoms with Gasteiger partial charge < -0.3 is 14.8 Å². The fourth-order valence-electron chi connectivity index (χ4n) is 3.42. The molecular weight excluding hydrogens is 352 g/mol. The maximum atomic E-state index is 12.5. The summed E-state index contributed by atoms with van der Waals surface area (Å²) >= 11 is 0. The summed E-state index contributed by atoms with van der Waals surface area (Å²) in [4.78, 5) is 14.9. The highest BCUT2D eigenvalue weighted by Crippen LogP contribution is 2.19. The van der Waals surface area contributed by atoms with Gasteiger partial charge in [0.25, 0.3) is 5.91 Å². The fraction of sp³-hybridized carbons (Fsp3) is 0.435. The third-order valence-corrected chi connectivity index (χ3v) is 4.88. The number of morpholine rings is 1. The summed E-state index contributed by atoms with van der Waals surface area (Å²) in [5, 5.41) is 3.04. The number of nitrogens with zero attached hydrogens (tertiary/aromatic N) is 1. The van der Waals surface area contributed by atoms with Crippen LogP contribution in [0.2, 0.25) is 0 Å². The molecule has 1 aliphatic rings. The van der Waals surface area contributed by atoms with E-state index in [2.05, 4.69) is 22.3 Å². The zero-order chi connectivity index (χ0) is 19.6. The van der Waals surface area contributed by atoms with Crippen molar-refractivity contribution < 1.29 is 14.3 Å². The quantitative estimate of drug-likeness (QED) is 0.676. The largest absolute Gasteiger partial charge is 0.494 e. The van der Waals surface area contributed by atoms with Crippen molar-refractivity contribution in [2.24, 2.45) is 0 Å². The number of rotatable bonds is 9. The van der Waals surface area contributed by atoms with Gasteiger partial charge in [-0.2, -0.15) is 0 Å². The second-order valence-corrected chi connectivity index (χ2v) is 6.99. The molecule has 0 radical (unpaired) electrons. The lowest BCUT2D eigenvalue weighted by atomic mass is 10.1. The average Bonchev–Trinajstić information content (AvgIpc) is 2.73. The van der Waals surface area contributed by atoms with Gasteiger partial charge in [-0.3, -0.25) is 9.69 Å². The minimum atomic E-state index is -0.0121. The Balaban J connectivity index is 1.46. The van der Waals surface area contributed by atoms with Crippen molar-refractivity contribution >= 4 is 5.91 Å². The van der Waals surface area contributed by atoms with Crippen LogP contribution < -0.4 is 10.1 Å². The predicted octanol–water partition coefficient (Wildman–Crippen LogP) is 3.28. The molecule has 1 N–H and O–H groups in total. The standard InChI is InChI=1S/C23H30N2O3/c1-2-28-22-11-4-3-8-20(22)10-6-12-24-23(26)21-9-5-7-19(17-21)18-25-13-15-27-16-14-25/h3-5,7-9,11,17H,2,6,10,12-16,18H2,1H3,(H,24,26). The number of benzene rings is 2. The highest BCUT2D eigenvalue weighted by Gasteiger charge is 2.12. The summed E-state index contributed by atoms with van der Waals surface area (Å²) in [5.74, 6) is 0.925. The zero-order valence-corrected chi connectivity index (χ0v) is 16.7. The highest BCUT2D eigenvalue weighted by atomic mass is 16.5. The molecule has 0 atom stereocenters. The van der Waals surface area contributed by atoms with Crippen LogP contribution in [0.25, 0.3) is 0 Å². The fourth-order valence-corrected chi connectivity index (χ4v) is 3.42. The molecule has 1 amide bonds. The number of carbonyl (C=O) groups excluding carboxylic acids is 1. The van der Waals surface area contributed by atoms with Crippen molar-refractivity contribution in [1.29, 1.82) is 0 Å². The smallest absolute Gasteiger partial charge is 0.251 e. The van der Waals surface area contributed by atoms with Crippen LogP contribution in [0, 0.1) is 0 Å². The molecule has 2 aromatic rings. The Labute approximate surface area is 167 Å². The predicted molar refractivity (Wildman–Crippen MR) is 111 cm³/mol. The van der Waals surface area contributed by atoms with Crippen molar-refractivity contribution in [3.8, 4) is 5.75 Å². The first kappa shape index (κ1) is 20.4. The van der Waals surface area contributed by atoms with Crippen molar-refractivity contribution in [2.45, 2.75) is 26.3 Å². The summed E-state index contributed by atoms with van der Waals surface area (Å²) in [6.07, 6.45) is 1.76. The van der Waals surface area contributed by atoms with E-state index in [4.69, 9.17) is 9.47 Å². The molecule has 0 bridgehead atoms. The van der Waals surface area contributed by atoms with E-state index < -0.39 is 0 Å². The van der Waals surface area contributed by atoms with Gasteiger partial charge in [-0.1, -0.05) is 30.3 Å². The van der Waals surface area contributed by atoms with E-state index in [1.165, 1.54) is 11.1 Å². The van der Waals surface area contributed by atoms with Crippen LogP contribution >= 0.6 is 0 Å². The zero-order valence-electron chi connectivity index (χ0n) is 16.7. The van der Waals surface area contributed by atoms with Gasteiger partial charge in [0.05, 0.1) is 19.8 Å². The molecule has 1 saturated heterocycles. The molecule has 3 rings (SSSR count). The number of carbonyl (C=O) groups is 1. The number of ether oxygens (including phenoxy) is 2. The summed E-state index contributed by atoms with van der Waals surface area (Å²) < 4.78 is 11.1. The maximum absolute atomic E-state index is 12.5. The van der Waals surface area contributed by atoms with Gasteiger partial charge in [0.2, 0.25) is 0 Å². The molecule has 1 aliphatic heterocycles. The van der Waals surface area contributed by atoms with E-state index in [9.17, 15) is 4.79 Å². The lowest BCUT2D eigenvalue weighted by Crippen LogP contribution is -2.35. The topological polar surface area (TPSA) is 50.8 Å². The number of aryl methyl sites for hydroxylation is 1. The Morgan fingerprint density at radius 1 is 1.14 bits per heavy atom. The summed E-state index contributed by atoms with van der Waals surface area (Å²) in [6.45, 7) is 7.61. The molecule has 0 aliphatic carbocycles. The van der Waals surface area contributed by atoms with Crippen LogP contribution in [0.4, 0.5) is 0 Å². The lowest BCUT2D eigenvalue weighted by molar-refractivity contribution is 0.0342. The first-order chi connectivity index (χ1) is 13.8. The maximum Gasteiger partial charge on any atom is 0.251 e. The van der Waals surface area contributed by atoms with Gasteiger partial charge in [-0.25, -0.2) is 0 Å². The number of hydrogen-bond acceptors (Lipinski definition) is 4. The third kappa shape index (κ3) is 6.08. The Kier molecular flexibility index (Phi) is 7.88. The van der Waals surface area contributed by atoms with Crippen LogP contribution in [-0.2, 0) is 17.7 Å². The Morgan fingerprint density at radius 3 is 2.79 bits per heavy atom. The van der Waals surface area contributed by atoms with E-state index >= 15 is 0 Å². The first-order valence-corrected chi connectivity index (χ1v) is 10.1. The third-order valence-electron chi connectivity index (χ3n) is 4.88. The molecule has 0 aromatic heterocycles. The number of hydrogen-bond donors (Lipinski definition) is 1. The molecule has 0 unspecified atom stereocenters. The van der Waals surface area contributed by atoms with E-state index in [-0.39, 0.29) is 5.91 Å². The molecule has 5 heteroatoms. The van der Waals surface area contributed by atoms with Crippen LogP contribution in [0.3, 0.4) is 0 Å². The molecule has 0 spiro atoms. The second-order valence-electron chi connectivity index (χ2n) is 6.99. The monoisotopic (exact) mass is 382 g/mol. The number of amides is 1. The minimum Gasteiger partial charge on any atom is -0.494 e. The molecule has 0 saturated carbocycles. The summed E-state index contributed by atoms with van der Waals surface area (Å²) in [5.41, 5.74) is 3.08. The van der Waals surface area contributed by atoms with Crippen LogP contribution in [0.5, 0.6) is 5.75 Å². The van der Waals surface area contributed by atoms with E-state index in [1.54, 1.807) is 0 Å². The molecule has 5 nitrogen and oxygen atoms in total. The molecule has 2 aromatic carbocycles. The summed E-state index contributed by atoms with van der Waals surface area (Å²) in [7, 11) is 0. The Hall–Kier alpha value is -2.37. The van der Waals surface area contributed by atoms with Crippen molar-refractivity contribution in [3.05, 3.63) is 65.2 Å². The molecule has 1 heterocycles. The van der Waals surface area contributed by atoms with Gasteiger partial charge in [0.1, 0.15) is 5.75 Å². The summed E-state index contributed by atoms with van der Waals surface area (Å²) in [6, 6.07) is 16.0. The van der Waals surface area contributed by atoms with Gasteiger partial charge in [0.15, 0.2) is 0 Å². The van der Waals surface area contributed by atoms with E-state index in [1.807, 2.05) is 43.3 Å². The Bertz CT molecular complexity index is 757. The highest BCUT2D eigenvalue weighted by molar-refractivity contribution is 5.94. The minimum absolute atomic E-state index is 0.0121.